The van der Waals surface area contributed by atoms with Crippen molar-refractivity contribution in [1.82, 2.24) is 0 Å². The fourth-order valence-corrected chi connectivity index (χ4v) is 5.29. The number of hydrogen-bond acceptors (Lipinski definition) is 4. The fraction of sp³-hybridized carbons (Fsp3) is 0.714. The van der Waals surface area contributed by atoms with Crippen LogP contribution >= 0.6 is 0 Å². The fourth-order valence-electron chi connectivity index (χ4n) is 5.29. The van der Waals surface area contributed by atoms with Crippen LogP contribution in [0.3, 0.4) is 0 Å². The van der Waals surface area contributed by atoms with Gasteiger partial charge in [0.1, 0.15) is 0 Å². The Morgan fingerprint density at radius 3 is 2.64 bits per heavy atom. The van der Waals surface area contributed by atoms with Crippen LogP contribution in [0, 0.1) is 11.3 Å². The lowest BCUT2D eigenvalue weighted by atomic mass is 9.61. The molecule has 0 radical (unpaired) electrons. The third kappa shape index (κ3) is 3.14. The number of aliphatic hydroxyl groups excluding tert-OH is 3. The largest absolute Gasteiger partial charge is 0.393 e. The predicted molar refractivity (Wildman–Crippen MR) is 97.9 cm³/mol. The van der Waals surface area contributed by atoms with E-state index in [-0.39, 0.29) is 12.0 Å². The second kappa shape index (κ2) is 6.66. The minimum Gasteiger partial charge on any atom is -0.393 e. The Bertz CT molecular complexity index is 617. The van der Waals surface area contributed by atoms with Crippen molar-refractivity contribution >= 4 is 0 Å². The highest BCUT2D eigenvalue weighted by atomic mass is 16.3. The molecule has 0 spiro atoms. The molecule has 140 valence electrons. The molecule has 0 aromatic rings. The molecule has 4 heteroatoms. The third-order valence-electron chi connectivity index (χ3n) is 7.02. The summed E-state index contributed by atoms with van der Waals surface area (Å²) >= 11 is 0. The average molecular weight is 348 g/mol. The van der Waals surface area contributed by atoms with Gasteiger partial charge < -0.3 is 20.4 Å². The first-order valence-electron chi connectivity index (χ1n) is 9.52. The first kappa shape index (κ1) is 18.8. The summed E-state index contributed by atoms with van der Waals surface area (Å²) in [5.74, 6) is 0.126. The van der Waals surface area contributed by atoms with Crippen LogP contribution in [0.4, 0.5) is 0 Å². The van der Waals surface area contributed by atoms with E-state index in [0.717, 1.165) is 24.8 Å². The number of allylic oxidation sites excluding steroid dienone is 4. The van der Waals surface area contributed by atoms with Gasteiger partial charge in [-0.05, 0) is 69.4 Å². The Labute approximate surface area is 150 Å². The van der Waals surface area contributed by atoms with Gasteiger partial charge in [-0.2, -0.15) is 0 Å². The molecular formula is C21H32O4. The standard InChI is InChI=1S/C21H32O4/c1-13-4-7-17(23)10-15(13)5-6-16-11-18(24)12-20(3)19(16)8-9-21(20,25)14(2)22/h5-6,11,14,17-19,22-25H,4,7-10,12H2,1-3H3/t14-,17+,18-,19+,20+,21+/m1/s1. The second-order valence-corrected chi connectivity index (χ2v) is 8.58. The van der Waals surface area contributed by atoms with Gasteiger partial charge in [0.05, 0.1) is 23.9 Å². The molecule has 6 atom stereocenters. The van der Waals surface area contributed by atoms with Crippen LogP contribution in [0.25, 0.3) is 0 Å². The lowest BCUT2D eigenvalue weighted by molar-refractivity contribution is -0.148. The van der Waals surface area contributed by atoms with Crippen LogP contribution in [0.2, 0.25) is 0 Å². The summed E-state index contributed by atoms with van der Waals surface area (Å²) in [6.07, 6.45) is 8.56. The van der Waals surface area contributed by atoms with Gasteiger partial charge in [-0.25, -0.2) is 0 Å². The van der Waals surface area contributed by atoms with Crippen molar-refractivity contribution in [3.8, 4) is 0 Å². The minimum atomic E-state index is -1.16. The molecule has 0 heterocycles. The Hall–Kier alpha value is -0.940. The molecule has 0 aromatic carbocycles. The lowest BCUT2D eigenvalue weighted by Gasteiger charge is -2.48. The van der Waals surface area contributed by atoms with E-state index in [1.54, 1.807) is 6.92 Å². The summed E-state index contributed by atoms with van der Waals surface area (Å²) in [6.45, 7) is 5.75. The lowest BCUT2D eigenvalue weighted by Crippen LogP contribution is -2.54. The second-order valence-electron chi connectivity index (χ2n) is 8.58. The van der Waals surface area contributed by atoms with E-state index >= 15 is 0 Å². The van der Waals surface area contributed by atoms with Gasteiger partial charge in [0.25, 0.3) is 0 Å². The maximum absolute atomic E-state index is 11.1. The van der Waals surface area contributed by atoms with E-state index in [1.165, 1.54) is 11.1 Å². The van der Waals surface area contributed by atoms with Crippen molar-refractivity contribution in [2.24, 2.45) is 11.3 Å². The number of hydrogen-bond donors (Lipinski definition) is 4. The predicted octanol–water partition coefficient (Wildman–Crippen LogP) is 2.62. The van der Waals surface area contributed by atoms with Crippen LogP contribution < -0.4 is 0 Å². The summed E-state index contributed by atoms with van der Waals surface area (Å²) in [7, 11) is 0. The van der Waals surface area contributed by atoms with Crippen LogP contribution in [-0.2, 0) is 0 Å². The zero-order valence-corrected chi connectivity index (χ0v) is 15.6. The molecule has 0 saturated heterocycles. The van der Waals surface area contributed by atoms with E-state index in [2.05, 4.69) is 19.1 Å². The Kier molecular flexibility index (Phi) is 5.02. The molecule has 3 aliphatic carbocycles. The monoisotopic (exact) mass is 348 g/mol. The van der Waals surface area contributed by atoms with E-state index in [9.17, 15) is 20.4 Å². The van der Waals surface area contributed by atoms with Crippen LogP contribution in [0.15, 0.2) is 34.9 Å². The molecule has 3 aliphatic rings. The highest BCUT2D eigenvalue weighted by Crippen LogP contribution is 2.59. The quantitative estimate of drug-likeness (QED) is 0.632. The smallest absolute Gasteiger partial charge is 0.0962 e. The number of fused-ring (bicyclic) bond motifs is 1. The van der Waals surface area contributed by atoms with Crippen molar-refractivity contribution in [3.05, 3.63) is 34.9 Å². The van der Waals surface area contributed by atoms with Gasteiger partial charge in [0.15, 0.2) is 0 Å². The number of aliphatic hydroxyl groups is 4. The van der Waals surface area contributed by atoms with Gasteiger partial charge in [0.2, 0.25) is 0 Å². The summed E-state index contributed by atoms with van der Waals surface area (Å²) < 4.78 is 0. The van der Waals surface area contributed by atoms with Gasteiger partial charge >= 0.3 is 0 Å². The molecule has 1 saturated carbocycles. The molecule has 0 amide bonds. The van der Waals surface area contributed by atoms with Gasteiger partial charge in [0, 0.05) is 5.41 Å². The molecule has 0 aliphatic heterocycles. The van der Waals surface area contributed by atoms with Crippen LogP contribution in [0.1, 0.15) is 59.3 Å². The van der Waals surface area contributed by atoms with E-state index in [4.69, 9.17) is 0 Å². The van der Waals surface area contributed by atoms with Crippen molar-refractivity contribution in [1.29, 1.82) is 0 Å². The Morgan fingerprint density at radius 2 is 1.96 bits per heavy atom. The maximum Gasteiger partial charge on any atom is 0.0962 e. The summed E-state index contributed by atoms with van der Waals surface area (Å²) in [4.78, 5) is 0. The topological polar surface area (TPSA) is 80.9 Å². The van der Waals surface area contributed by atoms with E-state index < -0.39 is 23.2 Å². The first-order chi connectivity index (χ1) is 11.7. The van der Waals surface area contributed by atoms with E-state index in [1.807, 2.05) is 13.0 Å². The third-order valence-corrected chi connectivity index (χ3v) is 7.02. The van der Waals surface area contributed by atoms with Gasteiger partial charge in [-0.3, -0.25) is 0 Å². The van der Waals surface area contributed by atoms with Crippen molar-refractivity contribution < 1.29 is 20.4 Å². The zero-order valence-electron chi connectivity index (χ0n) is 15.6. The zero-order chi connectivity index (χ0) is 18.4. The molecule has 25 heavy (non-hydrogen) atoms. The number of rotatable bonds is 3. The van der Waals surface area contributed by atoms with Crippen LogP contribution in [0.5, 0.6) is 0 Å². The SMILES string of the molecule is CC1=C(C=CC2=C[C@@H](O)C[C@@]3(C)[C@H]2CC[C@]3(O)[C@@H](C)O)C[C@@H](O)CC1. The van der Waals surface area contributed by atoms with Gasteiger partial charge in [-0.15, -0.1) is 0 Å². The average Bonchev–Trinajstić information content (AvgIpc) is 2.80. The minimum absolute atomic E-state index is 0.126. The summed E-state index contributed by atoms with van der Waals surface area (Å²) in [5.41, 5.74) is 1.82. The molecule has 0 unspecified atom stereocenters. The molecule has 3 rings (SSSR count). The van der Waals surface area contributed by atoms with E-state index in [0.29, 0.717) is 19.3 Å². The molecule has 0 bridgehead atoms. The molecule has 0 aromatic heterocycles. The summed E-state index contributed by atoms with van der Waals surface area (Å²) in [6, 6.07) is 0. The Balaban J connectivity index is 1.89. The highest BCUT2D eigenvalue weighted by molar-refractivity contribution is 5.38. The molecule has 4 nitrogen and oxygen atoms in total. The normalized spacial score (nSPS) is 43.3. The van der Waals surface area contributed by atoms with Crippen molar-refractivity contribution in [2.75, 3.05) is 0 Å². The van der Waals surface area contributed by atoms with Crippen molar-refractivity contribution in [2.45, 2.75) is 83.2 Å². The first-order valence-corrected chi connectivity index (χ1v) is 9.52. The Morgan fingerprint density at radius 1 is 1.24 bits per heavy atom. The van der Waals surface area contributed by atoms with Crippen molar-refractivity contribution in [3.63, 3.8) is 0 Å². The van der Waals surface area contributed by atoms with Gasteiger partial charge in [-0.1, -0.05) is 30.7 Å². The molecular weight excluding hydrogens is 316 g/mol. The van der Waals surface area contributed by atoms with Crippen LogP contribution in [-0.4, -0.2) is 44.3 Å². The molecule has 4 N–H and O–H groups in total. The maximum atomic E-state index is 11.1. The summed E-state index contributed by atoms with van der Waals surface area (Å²) in [5, 5.41) is 41.6. The highest BCUT2D eigenvalue weighted by Gasteiger charge is 2.60. The molecule has 1 fully saturated rings.